The van der Waals surface area contributed by atoms with E-state index >= 15 is 0 Å². The Labute approximate surface area is 177 Å². The molecule has 0 bridgehead atoms. The summed E-state index contributed by atoms with van der Waals surface area (Å²) in [6, 6.07) is 10.4. The van der Waals surface area contributed by atoms with Crippen LogP contribution in [0.3, 0.4) is 0 Å². The maximum atomic E-state index is 11.0. The number of nitrogens with zero attached hydrogens (tertiary/aromatic N) is 1. The van der Waals surface area contributed by atoms with Gasteiger partial charge in [0.2, 0.25) is 0 Å². The van der Waals surface area contributed by atoms with Crippen molar-refractivity contribution < 1.29 is 42.4 Å². The van der Waals surface area contributed by atoms with Crippen molar-refractivity contribution in [1.29, 1.82) is 0 Å². The first kappa shape index (κ1) is 24.3. The minimum atomic E-state index is -5.08. The summed E-state index contributed by atoms with van der Waals surface area (Å²) in [7, 11) is 3.28. The van der Waals surface area contributed by atoms with Crippen LogP contribution < -0.4 is 9.47 Å². The van der Waals surface area contributed by atoms with Crippen molar-refractivity contribution in [1.82, 2.24) is 4.90 Å². The molecule has 0 radical (unpaired) electrons. The van der Waals surface area contributed by atoms with Crippen LogP contribution in [0, 0.1) is 5.92 Å². The molecule has 0 unspecified atom stereocenters. The molecular weight excluding hydrogens is 419 g/mol. The number of fused-ring (bicyclic) bond motifs is 1. The predicted octanol–water partition coefficient (Wildman–Crippen LogP) is 3.79. The van der Waals surface area contributed by atoms with E-state index in [-0.39, 0.29) is 5.92 Å². The molecule has 2 N–H and O–H groups in total. The van der Waals surface area contributed by atoms with Crippen molar-refractivity contribution in [2.24, 2.45) is 5.92 Å². The highest BCUT2D eigenvalue weighted by atomic mass is 19.4. The largest absolute Gasteiger partial charge is 0.493 e. The number of piperidine rings is 1. The van der Waals surface area contributed by atoms with Crippen LogP contribution in [-0.2, 0) is 16.1 Å². The summed E-state index contributed by atoms with van der Waals surface area (Å²) in [6.07, 6.45) is -3.62. The van der Waals surface area contributed by atoms with E-state index in [0.29, 0.717) is 0 Å². The van der Waals surface area contributed by atoms with Crippen LogP contribution in [0.4, 0.5) is 13.2 Å². The Morgan fingerprint density at radius 1 is 1.00 bits per heavy atom. The van der Waals surface area contributed by atoms with E-state index in [2.05, 4.69) is 23.1 Å². The van der Waals surface area contributed by atoms with Gasteiger partial charge in [0.25, 0.3) is 0 Å². The number of methoxy groups -OCH3 is 2. The van der Waals surface area contributed by atoms with E-state index in [4.69, 9.17) is 24.5 Å². The summed E-state index contributed by atoms with van der Waals surface area (Å²) in [5, 5.41) is 18.4. The summed E-state index contributed by atoms with van der Waals surface area (Å²) >= 11 is 0. The number of hydrogen-bond acceptors (Lipinski definition) is 5. The number of carbonyl (C=O) groups is 2. The van der Waals surface area contributed by atoms with Gasteiger partial charge in [-0.2, -0.15) is 13.2 Å². The second-order valence-electron chi connectivity index (χ2n) is 7.08. The van der Waals surface area contributed by atoms with Crippen molar-refractivity contribution >= 4 is 22.7 Å². The van der Waals surface area contributed by atoms with Gasteiger partial charge in [-0.05, 0) is 60.5 Å². The predicted molar refractivity (Wildman–Crippen MR) is 106 cm³/mol. The summed E-state index contributed by atoms with van der Waals surface area (Å²) in [5.41, 5.74) is 1.23. The number of benzene rings is 2. The van der Waals surface area contributed by atoms with Crippen LogP contribution in [0.15, 0.2) is 30.3 Å². The minimum Gasteiger partial charge on any atom is -0.493 e. The van der Waals surface area contributed by atoms with Gasteiger partial charge in [-0.3, -0.25) is 9.69 Å². The monoisotopic (exact) mass is 443 g/mol. The van der Waals surface area contributed by atoms with Crippen molar-refractivity contribution in [3.8, 4) is 11.5 Å². The highest BCUT2D eigenvalue weighted by Gasteiger charge is 2.38. The molecule has 170 valence electrons. The highest BCUT2D eigenvalue weighted by molar-refractivity contribution is 5.86. The highest BCUT2D eigenvalue weighted by Crippen LogP contribution is 2.32. The Morgan fingerprint density at radius 3 is 1.97 bits per heavy atom. The van der Waals surface area contributed by atoms with Crippen LogP contribution in [0.5, 0.6) is 11.5 Å². The zero-order chi connectivity index (χ0) is 23.2. The molecule has 0 saturated carbocycles. The van der Waals surface area contributed by atoms with Gasteiger partial charge in [0.1, 0.15) is 0 Å². The zero-order valence-corrected chi connectivity index (χ0v) is 17.1. The second-order valence-corrected chi connectivity index (χ2v) is 7.08. The Balaban J connectivity index is 0.000000423. The number of aliphatic carboxylic acids is 2. The zero-order valence-electron chi connectivity index (χ0n) is 17.1. The average molecular weight is 443 g/mol. The van der Waals surface area contributed by atoms with Gasteiger partial charge in [-0.25, -0.2) is 4.79 Å². The Bertz CT molecular complexity index is 923. The van der Waals surface area contributed by atoms with E-state index in [1.54, 1.807) is 14.2 Å². The maximum Gasteiger partial charge on any atom is 0.490 e. The number of likely N-dealkylation sites (tertiary alicyclic amines) is 1. The van der Waals surface area contributed by atoms with Gasteiger partial charge in [-0.15, -0.1) is 0 Å². The lowest BCUT2D eigenvalue weighted by Gasteiger charge is -2.30. The summed E-state index contributed by atoms with van der Waals surface area (Å²) < 4.78 is 42.5. The molecule has 1 saturated heterocycles. The molecule has 1 heterocycles. The molecule has 0 amide bonds. The SMILES string of the molecule is COc1cc2ccc(CN3CCC(C(=O)O)CC3)cc2cc1OC.O=C(O)C(F)(F)F. The molecule has 2 aromatic carbocycles. The Morgan fingerprint density at radius 2 is 1.52 bits per heavy atom. The molecule has 0 aliphatic carbocycles. The topological polar surface area (TPSA) is 96.3 Å². The number of rotatable bonds is 5. The van der Waals surface area contributed by atoms with Crippen molar-refractivity contribution in [3.05, 3.63) is 35.9 Å². The van der Waals surface area contributed by atoms with Gasteiger partial charge in [0.15, 0.2) is 11.5 Å². The van der Waals surface area contributed by atoms with Crippen LogP contribution >= 0.6 is 0 Å². The number of ether oxygens (including phenoxy) is 2. The normalized spacial score (nSPS) is 15.1. The van der Waals surface area contributed by atoms with Crippen LogP contribution in [0.2, 0.25) is 0 Å². The number of halogens is 3. The molecule has 3 rings (SSSR count). The van der Waals surface area contributed by atoms with E-state index in [9.17, 15) is 18.0 Å². The van der Waals surface area contributed by atoms with Gasteiger partial charge in [-0.1, -0.05) is 12.1 Å². The van der Waals surface area contributed by atoms with E-state index in [0.717, 1.165) is 54.7 Å². The fourth-order valence-corrected chi connectivity index (χ4v) is 3.32. The molecule has 10 heteroatoms. The maximum absolute atomic E-state index is 11.0. The third kappa shape index (κ3) is 6.74. The lowest BCUT2D eigenvalue weighted by Crippen LogP contribution is -2.35. The summed E-state index contributed by atoms with van der Waals surface area (Å²) in [4.78, 5) is 22.3. The fourth-order valence-electron chi connectivity index (χ4n) is 3.32. The molecule has 2 aromatic rings. The minimum absolute atomic E-state index is 0.186. The molecule has 0 spiro atoms. The molecule has 1 fully saturated rings. The molecule has 1 aliphatic rings. The van der Waals surface area contributed by atoms with Crippen LogP contribution in [0.1, 0.15) is 18.4 Å². The first-order valence-corrected chi connectivity index (χ1v) is 9.45. The lowest BCUT2D eigenvalue weighted by molar-refractivity contribution is -0.192. The number of hydrogen-bond donors (Lipinski definition) is 2. The van der Waals surface area contributed by atoms with Gasteiger partial charge >= 0.3 is 18.1 Å². The standard InChI is InChI=1S/C19H23NO4.C2HF3O2/c1-23-17-10-15-4-3-13(9-16(15)11-18(17)24-2)12-20-7-5-14(6-8-20)19(21)22;3-2(4,5)1(6)7/h3-4,9-11,14H,5-8,12H2,1-2H3,(H,21,22);(H,6,7). The number of alkyl halides is 3. The van der Waals surface area contributed by atoms with Gasteiger partial charge < -0.3 is 19.7 Å². The fraction of sp³-hybridized carbons (Fsp3) is 0.429. The lowest BCUT2D eigenvalue weighted by atomic mass is 9.96. The van der Waals surface area contributed by atoms with Crippen LogP contribution in [-0.4, -0.2) is 60.5 Å². The number of carboxylic acid groups (broad SMARTS) is 2. The van der Waals surface area contributed by atoms with Gasteiger partial charge in [0.05, 0.1) is 20.1 Å². The number of carboxylic acids is 2. The first-order valence-electron chi connectivity index (χ1n) is 9.45. The quantitative estimate of drug-likeness (QED) is 0.726. The molecule has 0 aromatic heterocycles. The van der Waals surface area contributed by atoms with E-state index in [1.165, 1.54) is 5.56 Å². The third-order valence-electron chi connectivity index (χ3n) is 4.99. The molecule has 0 atom stereocenters. The van der Waals surface area contributed by atoms with Crippen molar-refractivity contribution in [2.75, 3.05) is 27.3 Å². The first-order chi connectivity index (χ1) is 14.5. The molecular formula is C21H24F3NO6. The van der Waals surface area contributed by atoms with Gasteiger partial charge in [0, 0.05) is 6.54 Å². The Hall–Kier alpha value is -3.01. The molecule has 7 nitrogen and oxygen atoms in total. The van der Waals surface area contributed by atoms with Crippen molar-refractivity contribution in [3.63, 3.8) is 0 Å². The average Bonchev–Trinajstić information content (AvgIpc) is 2.72. The van der Waals surface area contributed by atoms with Crippen molar-refractivity contribution in [2.45, 2.75) is 25.6 Å². The third-order valence-corrected chi connectivity index (χ3v) is 4.99. The molecule has 31 heavy (non-hydrogen) atoms. The summed E-state index contributed by atoms with van der Waals surface area (Å²) in [5.74, 6) is -2.15. The summed E-state index contributed by atoms with van der Waals surface area (Å²) in [6.45, 7) is 2.51. The second kappa shape index (κ2) is 10.3. The Kier molecular flexibility index (Phi) is 8.09. The molecule has 1 aliphatic heterocycles. The van der Waals surface area contributed by atoms with E-state index in [1.807, 2.05) is 12.1 Å². The smallest absolute Gasteiger partial charge is 0.490 e. The van der Waals surface area contributed by atoms with Crippen LogP contribution in [0.25, 0.3) is 10.8 Å². The van der Waals surface area contributed by atoms with E-state index < -0.39 is 18.1 Å².